The van der Waals surface area contributed by atoms with Gasteiger partial charge in [0.15, 0.2) is 6.79 Å². The van der Waals surface area contributed by atoms with E-state index in [4.69, 9.17) is 18.9 Å². The van der Waals surface area contributed by atoms with Crippen molar-refractivity contribution < 1.29 is 43.5 Å². The largest absolute Gasteiger partial charge is 0.481 e. The van der Waals surface area contributed by atoms with E-state index in [2.05, 4.69) is 11.9 Å². The molecular weight excluding hydrogens is 556 g/mol. The first-order valence-corrected chi connectivity index (χ1v) is 13.6. The van der Waals surface area contributed by atoms with E-state index in [-0.39, 0.29) is 19.0 Å². The summed E-state index contributed by atoms with van der Waals surface area (Å²) in [5, 5.41) is 23.8. The lowest BCUT2D eigenvalue weighted by atomic mass is 9.86. The number of carbonyl (C=O) groups excluding carboxylic acids is 2. The second kappa shape index (κ2) is 15.0. The first-order chi connectivity index (χ1) is 20.8. The van der Waals surface area contributed by atoms with E-state index in [1.54, 1.807) is 49.6 Å². The Balaban J connectivity index is 1.72. The van der Waals surface area contributed by atoms with Gasteiger partial charge in [0, 0.05) is 18.2 Å². The molecule has 0 aromatic heterocycles. The lowest BCUT2D eigenvalue weighted by Crippen LogP contribution is -2.57. The van der Waals surface area contributed by atoms with Gasteiger partial charge >= 0.3 is 12.1 Å². The maximum atomic E-state index is 14.0. The summed E-state index contributed by atoms with van der Waals surface area (Å²) >= 11 is 0. The Morgan fingerprint density at radius 1 is 1.00 bits per heavy atom. The first-order valence-electron chi connectivity index (χ1n) is 13.6. The third-order valence-corrected chi connectivity index (χ3v) is 6.85. The van der Waals surface area contributed by atoms with Crippen LogP contribution in [0.1, 0.15) is 28.4 Å². The highest BCUT2D eigenvalue weighted by Gasteiger charge is 2.45. The highest BCUT2D eigenvalue weighted by atomic mass is 16.7. The highest BCUT2D eigenvalue weighted by molar-refractivity contribution is 6.08. The van der Waals surface area contributed by atoms with Gasteiger partial charge in [-0.1, -0.05) is 55.1 Å². The number of aliphatic hydroxyl groups excluding tert-OH is 1. The molecule has 3 N–H and O–H groups in total. The number of hydrogen-bond acceptors (Lipinski definition) is 8. The van der Waals surface area contributed by atoms with E-state index < -0.39 is 42.6 Å². The number of carboxylic acid groups (broad SMARTS) is 1. The second-order valence-electron chi connectivity index (χ2n) is 9.67. The molecule has 0 unspecified atom stereocenters. The Hall–Kier alpha value is -4.71. The van der Waals surface area contributed by atoms with Gasteiger partial charge in [0.25, 0.3) is 5.91 Å². The van der Waals surface area contributed by atoms with Crippen LogP contribution in [0.4, 0.5) is 10.5 Å². The van der Waals surface area contributed by atoms with Crippen LogP contribution in [0.25, 0.3) is 11.1 Å². The van der Waals surface area contributed by atoms with E-state index in [0.29, 0.717) is 30.2 Å². The molecule has 3 aromatic carbocycles. The van der Waals surface area contributed by atoms with Gasteiger partial charge in [-0.25, -0.2) is 4.79 Å². The molecule has 1 heterocycles. The number of fused-ring (bicyclic) bond motifs is 1. The van der Waals surface area contributed by atoms with Gasteiger partial charge in [0.05, 0.1) is 43.5 Å². The van der Waals surface area contributed by atoms with Crippen LogP contribution < -0.4 is 15.0 Å². The average molecular weight is 591 g/mol. The number of methoxy groups -OCH3 is 1. The Labute approximate surface area is 249 Å². The highest BCUT2D eigenvalue weighted by Crippen LogP contribution is 2.41. The number of nitrogens with one attached hydrogen (secondary N) is 1. The summed E-state index contributed by atoms with van der Waals surface area (Å²) in [6.07, 6.45) is -1.56. The molecule has 0 saturated heterocycles. The minimum Gasteiger partial charge on any atom is -0.481 e. The fraction of sp³-hybridized carbons (Fsp3) is 0.281. The Bertz CT molecular complexity index is 1410. The fourth-order valence-corrected chi connectivity index (χ4v) is 4.83. The standard InChI is InChI=1S/C32H34N2O9/c1-3-15-42-32(39)33-29-25-18-24(43-20-41-17-16-40-2)13-14-26(25)34(27(30(29)37)19-28(35)36)31(38)23-11-9-22(10-12-23)21-7-5-4-6-8-21/h3-14,18,27,29-30,37H,1,15-17,19-20H2,2H3,(H,33,39)(H,35,36)/t27-,29-,30-/m0/s1. The van der Waals surface area contributed by atoms with E-state index in [1.807, 2.05) is 30.3 Å². The quantitative estimate of drug-likeness (QED) is 0.152. The molecule has 3 aromatic rings. The van der Waals surface area contributed by atoms with Gasteiger partial charge in [-0.3, -0.25) is 9.59 Å². The molecule has 11 heteroatoms. The van der Waals surface area contributed by atoms with Crippen molar-refractivity contribution in [2.24, 2.45) is 0 Å². The third kappa shape index (κ3) is 7.77. The molecule has 2 amide bonds. The summed E-state index contributed by atoms with van der Waals surface area (Å²) in [7, 11) is 1.55. The summed E-state index contributed by atoms with van der Waals surface area (Å²) in [5.74, 6) is -1.41. The number of aliphatic hydroxyl groups is 1. The monoisotopic (exact) mass is 590 g/mol. The van der Waals surface area contributed by atoms with Crippen LogP contribution in [0.15, 0.2) is 85.5 Å². The minimum absolute atomic E-state index is 0.0778. The van der Waals surface area contributed by atoms with Crippen molar-refractivity contribution in [3.05, 3.63) is 96.6 Å². The van der Waals surface area contributed by atoms with Crippen molar-refractivity contribution >= 4 is 23.7 Å². The molecule has 3 atom stereocenters. The van der Waals surface area contributed by atoms with Crippen LogP contribution >= 0.6 is 0 Å². The van der Waals surface area contributed by atoms with Crippen LogP contribution in [0.3, 0.4) is 0 Å². The molecule has 0 saturated carbocycles. The number of aliphatic carboxylic acids is 1. The first kappa shape index (κ1) is 31.2. The Kier molecular flexibility index (Phi) is 10.9. The number of carboxylic acids is 1. The summed E-state index contributed by atoms with van der Waals surface area (Å²) in [5.41, 5.74) is 2.79. The number of alkyl carbamates (subject to hydrolysis) is 1. The number of nitrogens with zero attached hydrogens (tertiary/aromatic N) is 1. The van der Waals surface area contributed by atoms with Crippen LogP contribution in [0, 0.1) is 0 Å². The van der Waals surface area contributed by atoms with Crippen molar-refractivity contribution in [1.29, 1.82) is 0 Å². The van der Waals surface area contributed by atoms with Crippen molar-refractivity contribution in [2.75, 3.05) is 38.6 Å². The number of hydrogen-bond donors (Lipinski definition) is 3. The van der Waals surface area contributed by atoms with Gasteiger partial charge in [-0.05, 0) is 41.5 Å². The zero-order valence-corrected chi connectivity index (χ0v) is 23.7. The number of benzene rings is 3. The average Bonchev–Trinajstić information content (AvgIpc) is 3.02. The SMILES string of the molecule is C=CCOC(=O)N[C@H]1c2cc(OCOCCOC)ccc2N(C(=O)c2ccc(-c3ccccc3)cc2)[C@@H](CC(=O)O)[C@@H]1O. The van der Waals surface area contributed by atoms with Gasteiger partial charge in [-0.15, -0.1) is 0 Å². The van der Waals surface area contributed by atoms with Crippen LogP contribution in [0.2, 0.25) is 0 Å². The van der Waals surface area contributed by atoms with E-state index in [1.165, 1.54) is 11.0 Å². The maximum absolute atomic E-state index is 14.0. The predicted octanol–water partition coefficient (Wildman–Crippen LogP) is 4.17. The van der Waals surface area contributed by atoms with Gasteiger partial charge in [-0.2, -0.15) is 0 Å². The second-order valence-corrected chi connectivity index (χ2v) is 9.67. The van der Waals surface area contributed by atoms with Crippen LogP contribution in [0.5, 0.6) is 5.75 Å². The third-order valence-electron chi connectivity index (χ3n) is 6.85. The molecule has 4 rings (SSSR count). The molecular formula is C32H34N2O9. The summed E-state index contributed by atoms with van der Waals surface area (Å²) < 4.78 is 21.1. The summed E-state index contributed by atoms with van der Waals surface area (Å²) in [4.78, 5) is 39.8. The molecule has 0 bridgehead atoms. The topological polar surface area (TPSA) is 144 Å². The van der Waals surface area contributed by atoms with Crippen LogP contribution in [-0.4, -0.2) is 74.1 Å². The number of amides is 2. The zero-order valence-electron chi connectivity index (χ0n) is 23.7. The summed E-state index contributed by atoms with van der Waals surface area (Å²) in [6, 6.07) is 18.9. The lowest BCUT2D eigenvalue weighted by molar-refractivity contribution is -0.138. The predicted molar refractivity (Wildman–Crippen MR) is 158 cm³/mol. The molecule has 0 radical (unpaired) electrons. The number of carbonyl (C=O) groups is 3. The molecule has 0 fully saturated rings. The summed E-state index contributed by atoms with van der Waals surface area (Å²) in [6.45, 7) is 4.03. The van der Waals surface area contributed by atoms with Crippen LogP contribution in [-0.2, 0) is 19.0 Å². The van der Waals surface area contributed by atoms with Gasteiger partial charge < -0.3 is 39.4 Å². The Morgan fingerprint density at radius 2 is 1.72 bits per heavy atom. The smallest absolute Gasteiger partial charge is 0.408 e. The van der Waals surface area contributed by atoms with Crippen molar-refractivity contribution in [1.82, 2.24) is 5.32 Å². The van der Waals surface area contributed by atoms with Gasteiger partial charge in [0.2, 0.25) is 0 Å². The van der Waals surface area contributed by atoms with E-state index in [0.717, 1.165) is 11.1 Å². The van der Waals surface area contributed by atoms with Gasteiger partial charge in [0.1, 0.15) is 12.4 Å². The molecule has 0 aliphatic carbocycles. The normalized spacial score (nSPS) is 17.4. The number of ether oxygens (including phenoxy) is 4. The van der Waals surface area contributed by atoms with Crippen molar-refractivity contribution in [3.63, 3.8) is 0 Å². The zero-order chi connectivity index (χ0) is 30.8. The minimum atomic E-state index is -1.51. The molecule has 43 heavy (non-hydrogen) atoms. The van der Waals surface area contributed by atoms with Crippen molar-refractivity contribution in [3.8, 4) is 16.9 Å². The molecule has 226 valence electrons. The number of anilines is 1. The van der Waals surface area contributed by atoms with E-state index >= 15 is 0 Å². The Morgan fingerprint density at radius 3 is 2.40 bits per heavy atom. The lowest BCUT2D eigenvalue weighted by Gasteiger charge is -2.44. The van der Waals surface area contributed by atoms with E-state index in [9.17, 15) is 24.6 Å². The maximum Gasteiger partial charge on any atom is 0.408 e. The number of rotatable bonds is 13. The van der Waals surface area contributed by atoms with Crippen molar-refractivity contribution in [2.45, 2.75) is 24.6 Å². The fourth-order valence-electron chi connectivity index (χ4n) is 4.83. The molecule has 1 aliphatic heterocycles. The molecule has 11 nitrogen and oxygen atoms in total. The molecule has 0 spiro atoms. The molecule has 1 aliphatic rings.